The summed E-state index contributed by atoms with van der Waals surface area (Å²) in [4.78, 5) is 32.6. The monoisotopic (exact) mass is 472 g/mol. The van der Waals surface area contributed by atoms with Crippen LogP contribution in [0.25, 0.3) is 22.3 Å². The molecule has 35 heavy (non-hydrogen) atoms. The van der Waals surface area contributed by atoms with Gasteiger partial charge in [0.15, 0.2) is 12.3 Å². The normalized spacial score (nSPS) is 13.3. The van der Waals surface area contributed by atoms with E-state index in [1.807, 2.05) is 52.0 Å². The molecule has 4 heterocycles. The predicted molar refractivity (Wildman–Crippen MR) is 131 cm³/mol. The van der Waals surface area contributed by atoms with Crippen LogP contribution < -0.4 is 0 Å². The Bertz CT molecular complexity index is 1430. The van der Waals surface area contributed by atoms with E-state index in [-0.39, 0.29) is 18.6 Å². The number of furan rings is 1. The van der Waals surface area contributed by atoms with E-state index in [0.29, 0.717) is 41.1 Å². The van der Waals surface area contributed by atoms with Crippen molar-refractivity contribution in [3.8, 4) is 11.3 Å². The third-order valence-corrected chi connectivity index (χ3v) is 6.40. The van der Waals surface area contributed by atoms with Crippen LogP contribution in [0.4, 0.5) is 0 Å². The summed E-state index contributed by atoms with van der Waals surface area (Å²) in [6, 6.07) is 11.7. The van der Waals surface area contributed by atoms with Crippen molar-refractivity contribution in [2.75, 3.05) is 13.2 Å². The molecule has 1 aliphatic rings. The first-order chi connectivity index (χ1) is 16.8. The Morgan fingerprint density at radius 3 is 2.63 bits per heavy atom. The molecule has 0 aliphatic carbocycles. The number of amides is 1. The van der Waals surface area contributed by atoms with Crippen molar-refractivity contribution in [3.05, 3.63) is 70.8 Å². The van der Waals surface area contributed by atoms with E-state index in [1.165, 1.54) is 5.56 Å². The molecule has 8 heteroatoms. The van der Waals surface area contributed by atoms with Crippen LogP contribution >= 0.6 is 0 Å². The minimum absolute atomic E-state index is 0.0508. The van der Waals surface area contributed by atoms with Gasteiger partial charge in [-0.1, -0.05) is 24.3 Å². The molecule has 1 aromatic carbocycles. The molecule has 4 aromatic rings. The lowest BCUT2D eigenvalue weighted by atomic mass is 10.00. The van der Waals surface area contributed by atoms with Gasteiger partial charge in [0.25, 0.3) is 5.91 Å². The number of carbonyl (C=O) groups is 2. The predicted octanol–water partition coefficient (Wildman–Crippen LogP) is 4.63. The molecule has 0 bridgehead atoms. The van der Waals surface area contributed by atoms with Crippen molar-refractivity contribution in [2.45, 2.75) is 46.7 Å². The molecule has 180 valence electrons. The van der Waals surface area contributed by atoms with Gasteiger partial charge in [-0.25, -0.2) is 14.5 Å². The molecule has 5 rings (SSSR count). The van der Waals surface area contributed by atoms with Crippen molar-refractivity contribution in [1.29, 1.82) is 0 Å². The summed E-state index contributed by atoms with van der Waals surface area (Å²) >= 11 is 0. The van der Waals surface area contributed by atoms with Crippen LogP contribution in [0.3, 0.4) is 0 Å². The highest BCUT2D eigenvalue weighted by Gasteiger charge is 2.24. The standard InChI is InChI=1S/C27H28N4O4/c1-16(2)31-26-23(13-28-31)22(12-24(29-26)21-11-17(3)35-18(21)4)27(33)34-15-25(32)30-10-9-19-7-5-6-8-20(19)14-30/h5-8,11-13,16H,9-10,14-15H2,1-4H3. The maximum Gasteiger partial charge on any atom is 0.339 e. The second-order valence-corrected chi connectivity index (χ2v) is 9.21. The van der Waals surface area contributed by atoms with E-state index in [0.717, 1.165) is 23.3 Å². The largest absolute Gasteiger partial charge is 0.466 e. The van der Waals surface area contributed by atoms with Gasteiger partial charge in [0.05, 0.1) is 22.8 Å². The minimum atomic E-state index is -0.578. The average Bonchev–Trinajstić information content (AvgIpc) is 3.43. The lowest BCUT2D eigenvalue weighted by Gasteiger charge is -2.28. The van der Waals surface area contributed by atoms with Gasteiger partial charge in [0.1, 0.15) is 11.5 Å². The van der Waals surface area contributed by atoms with Crippen molar-refractivity contribution in [3.63, 3.8) is 0 Å². The zero-order valence-electron chi connectivity index (χ0n) is 20.4. The van der Waals surface area contributed by atoms with Crippen molar-refractivity contribution < 1.29 is 18.7 Å². The molecule has 0 radical (unpaired) electrons. The number of nitrogens with zero attached hydrogens (tertiary/aromatic N) is 4. The van der Waals surface area contributed by atoms with Gasteiger partial charge in [0.2, 0.25) is 0 Å². The van der Waals surface area contributed by atoms with E-state index in [9.17, 15) is 9.59 Å². The van der Waals surface area contributed by atoms with E-state index >= 15 is 0 Å². The number of ether oxygens (including phenoxy) is 1. The average molecular weight is 473 g/mol. The summed E-state index contributed by atoms with van der Waals surface area (Å²) in [5, 5.41) is 5.03. The second-order valence-electron chi connectivity index (χ2n) is 9.21. The Hall–Kier alpha value is -3.94. The van der Waals surface area contributed by atoms with Gasteiger partial charge < -0.3 is 14.1 Å². The molecule has 0 saturated carbocycles. The highest BCUT2D eigenvalue weighted by Crippen LogP contribution is 2.30. The third kappa shape index (κ3) is 4.32. The van der Waals surface area contributed by atoms with Crippen LogP contribution in [0.1, 0.15) is 52.9 Å². The van der Waals surface area contributed by atoms with Crippen LogP contribution in [-0.4, -0.2) is 44.7 Å². The highest BCUT2D eigenvalue weighted by molar-refractivity contribution is 6.04. The molecule has 0 N–H and O–H groups in total. The Labute approximate surface area is 203 Å². The van der Waals surface area contributed by atoms with Crippen molar-refractivity contribution >= 4 is 22.9 Å². The third-order valence-electron chi connectivity index (χ3n) is 6.40. The second kappa shape index (κ2) is 9.02. The van der Waals surface area contributed by atoms with Gasteiger partial charge in [-0.2, -0.15) is 5.10 Å². The molecule has 0 fully saturated rings. The SMILES string of the molecule is Cc1cc(-c2cc(C(=O)OCC(=O)N3CCc4ccccc4C3)c3cnn(C(C)C)c3n2)c(C)o1. The summed E-state index contributed by atoms with van der Waals surface area (Å²) < 4.78 is 13.0. The Kier molecular flexibility index (Phi) is 5.88. The first-order valence-corrected chi connectivity index (χ1v) is 11.8. The van der Waals surface area contributed by atoms with Crippen molar-refractivity contribution in [1.82, 2.24) is 19.7 Å². The summed E-state index contributed by atoms with van der Waals surface area (Å²) in [5.74, 6) is 0.683. The quantitative estimate of drug-likeness (QED) is 0.393. The summed E-state index contributed by atoms with van der Waals surface area (Å²) in [5.41, 5.74) is 4.70. The molecule has 0 spiro atoms. The molecule has 0 unspecified atom stereocenters. The lowest BCUT2D eigenvalue weighted by molar-refractivity contribution is -0.135. The molecule has 8 nitrogen and oxygen atoms in total. The van der Waals surface area contributed by atoms with Gasteiger partial charge in [0, 0.05) is 24.7 Å². The fourth-order valence-electron chi connectivity index (χ4n) is 4.59. The topological polar surface area (TPSA) is 90.5 Å². The van der Waals surface area contributed by atoms with Gasteiger partial charge >= 0.3 is 5.97 Å². The highest BCUT2D eigenvalue weighted by atomic mass is 16.5. The number of esters is 1. The molecule has 0 atom stereocenters. The maximum absolute atomic E-state index is 13.2. The van der Waals surface area contributed by atoms with Gasteiger partial charge in [-0.3, -0.25) is 4.79 Å². The summed E-state index contributed by atoms with van der Waals surface area (Å²) in [7, 11) is 0. The number of pyridine rings is 1. The first-order valence-electron chi connectivity index (χ1n) is 11.8. The Morgan fingerprint density at radius 1 is 1.14 bits per heavy atom. The van der Waals surface area contributed by atoms with Gasteiger partial charge in [-0.15, -0.1) is 0 Å². The fraction of sp³-hybridized carbons (Fsp3) is 0.333. The smallest absolute Gasteiger partial charge is 0.339 e. The number of benzene rings is 1. The number of fused-ring (bicyclic) bond motifs is 2. The zero-order valence-corrected chi connectivity index (χ0v) is 20.4. The fourth-order valence-corrected chi connectivity index (χ4v) is 4.59. The zero-order chi connectivity index (χ0) is 24.7. The Balaban J connectivity index is 1.41. The van der Waals surface area contributed by atoms with Crippen LogP contribution in [0, 0.1) is 13.8 Å². The van der Waals surface area contributed by atoms with Crippen LogP contribution in [0.15, 0.2) is 47.0 Å². The maximum atomic E-state index is 13.2. The molecule has 1 amide bonds. The van der Waals surface area contributed by atoms with Crippen LogP contribution in [0.2, 0.25) is 0 Å². The number of rotatable bonds is 5. The molecule has 3 aromatic heterocycles. The molecular formula is C27H28N4O4. The molecule has 0 saturated heterocycles. The Morgan fingerprint density at radius 2 is 1.91 bits per heavy atom. The van der Waals surface area contributed by atoms with E-state index in [4.69, 9.17) is 14.1 Å². The number of hydrogen-bond donors (Lipinski definition) is 0. The van der Waals surface area contributed by atoms with Crippen LogP contribution in [-0.2, 0) is 22.5 Å². The van der Waals surface area contributed by atoms with Gasteiger partial charge in [-0.05, 0) is 57.4 Å². The number of aromatic nitrogens is 3. The van der Waals surface area contributed by atoms with E-state index in [2.05, 4.69) is 11.2 Å². The van der Waals surface area contributed by atoms with E-state index in [1.54, 1.807) is 21.8 Å². The van der Waals surface area contributed by atoms with Crippen molar-refractivity contribution in [2.24, 2.45) is 0 Å². The first kappa shape index (κ1) is 22.8. The number of hydrogen-bond acceptors (Lipinski definition) is 6. The number of aryl methyl sites for hydroxylation is 2. The molecule has 1 aliphatic heterocycles. The summed E-state index contributed by atoms with van der Waals surface area (Å²) in [6.07, 6.45) is 2.42. The minimum Gasteiger partial charge on any atom is -0.466 e. The number of carbonyl (C=O) groups excluding carboxylic acids is 2. The lowest BCUT2D eigenvalue weighted by Crippen LogP contribution is -2.38. The van der Waals surface area contributed by atoms with Crippen LogP contribution in [0.5, 0.6) is 0 Å². The molecular weight excluding hydrogens is 444 g/mol. The summed E-state index contributed by atoms with van der Waals surface area (Å²) in [6.45, 7) is 8.55. The van der Waals surface area contributed by atoms with E-state index < -0.39 is 5.97 Å².